The average Bonchev–Trinajstić information content (AvgIpc) is 3.58. The van der Waals surface area contributed by atoms with E-state index in [9.17, 15) is 18.0 Å². The highest BCUT2D eigenvalue weighted by molar-refractivity contribution is 7.89. The summed E-state index contributed by atoms with van der Waals surface area (Å²) in [6.07, 6.45) is 6.59. The van der Waals surface area contributed by atoms with Crippen LogP contribution in [0.4, 0.5) is 0 Å². The standard InChI is InChI=1S/C27H33Cl2N5O4S/c28-20-13-19(14-21(29)15-20)24-8-7-23(16-30-24)39(37,38)31-25-6-4-11-33(27(25)36)18-26(35)34-12-3-5-22(34)17-32-9-1-2-10-32/h7-8,13-16,22,25,31H,1-6,9-12,17-18H2/t22-,25-/m0/s1. The van der Waals surface area contributed by atoms with E-state index in [1.807, 2.05) is 4.90 Å². The number of amides is 2. The molecule has 2 amide bonds. The van der Waals surface area contributed by atoms with Gasteiger partial charge in [-0.05, 0) is 81.9 Å². The van der Waals surface area contributed by atoms with Crippen molar-refractivity contribution in [3.8, 4) is 11.3 Å². The summed E-state index contributed by atoms with van der Waals surface area (Å²) in [7, 11) is -4.01. The first kappa shape index (κ1) is 28.3. The molecule has 0 spiro atoms. The average molecular weight is 595 g/mol. The molecule has 1 N–H and O–H groups in total. The van der Waals surface area contributed by atoms with E-state index in [1.165, 1.54) is 30.0 Å². The second-order valence-corrected chi connectivity index (χ2v) is 13.1. The summed E-state index contributed by atoms with van der Waals surface area (Å²) in [6.45, 7) is 4.17. The number of pyridine rings is 1. The van der Waals surface area contributed by atoms with Gasteiger partial charge in [0, 0.05) is 47.5 Å². The molecular weight excluding hydrogens is 561 g/mol. The number of likely N-dealkylation sites (tertiary alicyclic amines) is 3. The van der Waals surface area contributed by atoms with Gasteiger partial charge >= 0.3 is 0 Å². The van der Waals surface area contributed by atoms with Crippen LogP contribution in [0.1, 0.15) is 38.5 Å². The fourth-order valence-corrected chi connectivity index (χ4v) is 7.44. The highest BCUT2D eigenvalue weighted by Crippen LogP contribution is 2.27. The number of benzene rings is 1. The van der Waals surface area contributed by atoms with Crippen LogP contribution in [0, 0.1) is 0 Å². The molecule has 5 rings (SSSR count). The molecule has 0 aliphatic carbocycles. The lowest BCUT2D eigenvalue weighted by atomic mass is 10.1. The molecule has 9 nitrogen and oxygen atoms in total. The van der Waals surface area contributed by atoms with E-state index in [-0.39, 0.29) is 29.3 Å². The lowest BCUT2D eigenvalue weighted by molar-refractivity contribution is -0.143. The Morgan fingerprint density at radius 1 is 0.974 bits per heavy atom. The summed E-state index contributed by atoms with van der Waals surface area (Å²) < 4.78 is 28.7. The molecule has 12 heteroatoms. The van der Waals surface area contributed by atoms with Gasteiger partial charge in [-0.3, -0.25) is 14.6 Å². The highest BCUT2D eigenvalue weighted by Gasteiger charge is 2.36. The number of rotatable bonds is 8. The SMILES string of the molecule is O=C1[C@@H](NS(=O)(=O)c2ccc(-c3cc(Cl)cc(Cl)c3)nc2)CCCN1CC(=O)N1CCC[C@H]1CN1CCCC1. The molecule has 3 aliphatic heterocycles. The quantitative estimate of drug-likeness (QED) is 0.503. The Kier molecular flexibility index (Phi) is 8.78. The zero-order valence-corrected chi connectivity index (χ0v) is 24.0. The summed E-state index contributed by atoms with van der Waals surface area (Å²) in [5, 5.41) is 0.895. The lowest BCUT2D eigenvalue weighted by Gasteiger charge is -2.34. The predicted octanol–water partition coefficient (Wildman–Crippen LogP) is 3.41. The monoisotopic (exact) mass is 593 g/mol. The van der Waals surface area contributed by atoms with Crippen LogP contribution in [0.3, 0.4) is 0 Å². The van der Waals surface area contributed by atoms with Gasteiger partial charge < -0.3 is 14.7 Å². The van der Waals surface area contributed by atoms with Crippen molar-refractivity contribution in [3.05, 3.63) is 46.6 Å². The number of halogens is 2. The molecule has 0 bridgehead atoms. The van der Waals surface area contributed by atoms with E-state index < -0.39 is 16.1 Å². The molecule has 3 aliphatic rings. The summed E-state index contributed by atoms with van der Waals surface area (Å²) >= 11 is 12.1. The zero-order chi connectivity index (χ0) is 27.6. The van der Waals surface area contributed by atoms with Gasteiger partial charge in [0.15, 0.2) is 0 Å². The summed E-state index contributed by atoms with van der Waals surface area (Å²) in [5.41, 5.74) is 1.18. The zero-order valence-electron chi connectivity index (χ0n) is 21.7. The van der Waals surface area contributed by atoms with E-state index >= 15 is 0 Å². The number of aromatic nitrogens is 1. The van der Waals surface area contributed by atoms with Crippen LogP contribution >= 0.6 is 23.2 Å². The van der Waals surface area contributed by atoms with Crippen LogP contribution in [-0.4, -0.2) is 91.3 Å². The molecular formula is C27H33Cl2N5O4S. The number of nitrogens with zero attached hydrogens (tertiary/aromatic N) is 4. The molecule has 3 saturated heterocycles. The van der Waals surface area contributed by atoms with Crippen molar-refractivity contribution >= 4 is 45.0 Å². The smallest absolute Gasteiger partial charge is 0.242 e. The fraction of sp³-hybridized carbons (Fsp3) is 0.519. The van der Waals surface area contributed by atoms with Gasteiger partial charge in [-0.2, -0.15) is 4.72 Å². The molecule has 2 atom stereocenters. The van der Waals surface area contributed by atoms with Crippen molar-refractivity contribution in [2.45, 2.75) is 55.5 Å². The summed E-state index contributed by atoms with van der Waals surface area (Å²) in [4.78, 5) is 36.5. The van der Waals surface area contributed by atoms with Crippen LogP contribution in [0.5, 0.6) is 0 Å². The number of piperidine rings is 1. The molecule has 1 aromatic heterocycles. The molecule has 0 unspecified atom stereocenters. The van der Waals surface area contributed by atoms with Gasteiger partial charge in [0.2, 0.25) is 21.8 Å². The first-order valence-electron chi connectivity index (χ1n) is 13.4. The van der Waals surface area contributed by atoms with Crippen molar-refractivity contribution in [1.29, 1.82) is 0 Å². The maximum atomic E-state index is 13.2. The topological polar surface area (TPSA) is 103 Å². The molecule has 0 saturated carbocycles. The molecule has 3 fully saturated rings. The van der Waals surface area contributed by atoms with E-state index in [0.29, 0.717) is 47.2 Å². The predicted molar refractivity (Wildman–Crippen MR) is 150 cm³/mol. The largest absolute Gasteiger partial charge is 0.337 e. The van der Waals surface area contributed by atoms with Crippen molar-refractivity contribution in [1.82, 2.24) is 24.4 Å². The molecule has 39 heavy (non-hydrogen) atoms. The van der Waals surface area contributed by atoms with Crippen LogP contribution in [0.25, 0.3) is 11.3 Å². The maximum Gasteiger partial charge on any atom is 0.242 e. The minimum Gasteiger partial charge on any atom is -0.337 e. The molecule has 1 aromatic carbocycles. The van der Waals surface area contributed by atoms with E-state index in [2.05, 4.69) is 14.6 Å². The third-order valence-corrected chi connectivity index (χ3v) is 9.62. The number of hydrogen-bond acceptors (Lipinski definition) is 6. The molecule has 0 radical (unpaired) electrons. The van der Waals surface area contributed by atoms with E-state index in [1.54, 1.807) is 24.3 Å². The highest BCUT2D eigenvalue weighted by atomic mass is 35.5. The van der Waals surface area contributed by atoms with Crippen molar-refractivity contribution in [2.24, 2.45) is 0 Å². The first-order valence-corrected chi connectivity index (χ1v) is 15.7. The summed E-state index contributed by atoms with van der Waals surface area (Å²) in [6, 6.07) is 7.24. The Morgan fingerprint density at radius 2 is 1.69 bits per heavy atom. The van der Waals surface area contributed by atoms with Crippen LogP contribution in [-0.2, 0) is 19.6 Å². The third-order valence-electron chi connectivity index (χ3n) is 7.72. The van der Waals surface area contributed by atoms with Crippen molar-refractivity contribution in [2.75, 3.05) is 39.3 Å². The van der Waals surface area contributed by atoms with Gasteiger partial charge in [0.1, 0.15) is 10.9 Å². The van der Waals surface area contributed by atoms with Crippen LogP contribution in [0.15, 0.2) is 41.4 Å². The number of nitrogens with one attached hydrogen (secondary N) is 1. The van der Waals surface area contributed by atoms with E-state index in [0.717, 1.165) is 32.5 Å². The minimum atomic E-state index is -4.01. The van der Waals surface area contributed by atoms with Crippen LogP contribution in [0.2, 0.25) is 10.0 Å². The maximum absolute atomic E-state index is 13.2. The van der Waals surface area contributed by atoms with E-state index in [4.69, 9.17) is 23.2 Å². The summed E-state index contributed by atoms with van der Waals surface area (Å²) in [5.74, 6) is -0.430. The van der Waals surface area contributed by atoms with Gasteiger partial charge in [-0.25, -0.2) is 8.42 Å². The lowest BCUT2D eigenvalue weighted by Crippen LogP contribution is -2.55. The second-order valence-electron chi connectivity index (χ2n) is 10.5. The second kappa shape index (κ2) is 12.1. The Balaban J connectivity index is 1.21. The van der Waals surface area contributed by atoms with Gasteiger partial charge in [-0.1, -0.05) is 23.2 Å². The van der Waals surface area contributed by atoms with Crippen molar-refractivity contribution < 1.29 is 18.0 Å². The molecule has 210 valence electrons. The fourth-order valence-electron chi connectivity index (χ4n) is 5.74. The number of hydrogen-bond donors (Lipinski definition) is 1. The Bertz CT molecular complexity index is 1300. The normalized spacial score (nSPS) is 22.6. The van der Waals surface area contributed by atoms with Gasteiger partial charge in [0.25, 0.3) is 0 Å². The van der Waals surface area contributed by atoms with Crippen molar-refractivity contribution in [3.63, 3.8) is 0 Å². The van der Waals surface area contributed by atoms with Gasteiger partial charge in [-0.15, -0.1) is 0 Å². The van der Waals surface area contributed by atoms with Gasteiger partial charge in [0.05, 0.1) is 12.2 Å². The van der Waals surface area contributed by atoms with Crippen LogP contribution < -0.4 is 4.72 Å². The molecule has 4 heterocycles. The Labute approximate surface area is 239 Å². The number of carbonyl (C=O) groups excluding carboxylic acids is 2. The number of sulfonamides is 1. The minimum absolute atomic E-state index is 0.0218. The Hall–Kier alpha value is -2.24. The first-order chi connectivity index (χ1) is 18.7. The third kappa shape index (κ3) is 6.74. The number of carbonyl (C=O) groups is 2. The molecule has 2 aromatic rings. The Morgan fingerprint density at radius 3 is 2.38 bits per heavy atom.